The molecule has 0 unspecified atom stereocenters. The first-order chi connectivity index (χ1) is 9.83. The molecule has 0 aliphatic heterocycles. The van der Waals surface area contributed by atoms with Crippen molar-refractivity contribution in [2.75, 3.05) is 0 Å². The van der Waals surface area contributed by atoms with Crippen LogP contribution in [0.2, 0.25) is 0 Å². The number of rotatable bonds is 1. The van der Waals surface area contributed by atoms with E-state index in [0.717, 1.165) is 39.0 Å². The Labute approximate surface area is 115 Å². The molecule has 0 saturated carbocycles. The summed E-state index contributed by atoms with van der Waals surface area (Å²) in [5.41, 5.74) is 4.90. The third kappa shape index (κ3) is 1.58. The maximum atomic E-state index is 4.60. The molecule has 0 aliphatic rings. The second-order valence-electron chi connectivity index (χ2n) is 4.79. The maximum Gasteiger partial charge on any atom is 0.178 e. The molecular formula is C16H12N4. The Balaban J connectivity index is 2.04. The van der Waals surface area contributed by atoms with Gasteiger partial charge in [-0.2, -0.15) is 0 Å². The minimum Gasteiger partial charge on any atom is -0.336 e. The van der Waals surface area contributed by atoms with Crippen LogP contribution in [0.3, 0.4) is 0 Å². The Hall–Kier alpha value is -2.75. The Kier molecular flexibility index (Phi) is 2.29. The molecule has 3 heterocycles. The summed E-state index contributed by atoms with van der Waals surface area (Å²) < 4.78 is 0. The second-order valence-corrected chi connectivity index (χ2v) is 4.79. The number of nitrogens with one attached hydrogen (secondary N) is 1. The SMILES string of the molecule is Cc1ccnc2nc(-c3cccc4ncccc34)[nH]c12. The fourth-order valence-corrected chi connectivity index (χ4v) is 2.47. The van der Waals surface area contributed by atoms with Crippen LogP contribution in [0, 0.1) is 6.92 Å². The number of nitrogens with zero attached hydrogens (tertiary/aromatic N) is 3. The molecule has 0 radical (unpaired) electrons. The van der Waals surface area contributed by atoms with Crippen LogP contribution in [0.4, 0.5) is 0 Å². The van der Waals surface area contributed by atoms with Crippen LogP contribution in [0.25, 0.3) is 33.5 Å². The zero-order chi connectivity index (χ0) is 13.5. The van der Waals surface area contributed by atoms with E-state index < -0.39 is 0 Å². The standard InChI is InChI=1S/C16H12N4/c1-10-7-9-18-16-14(10)19-15(20-16)12-4-2-6-13-11(12)5-3-8-17-13/h2-9H,1H3,(H,18,19,20). The Bertz CT molecular complexity index is 919. The van der Waals surface area contributed by atoms with Gasteiger partial charge in [-0.25, -0.2) is 9.97 Å². The Morgan fingerprint density at radius 1 is 0.950 bits per heavy atom. The molecule has 0 fully saturated rings. The van der Waals surface area contributed by atoms with Gasteiger partial charge in [0.2, 0.25) is 0 Å². The van der Waals surface area contributed by atoms with E-state index in [9.17, 15) is 0 Å². The predicted octanol–water partition coefficient (Wildman–Crippen LogP) is 3.48. The van der Waals surface area contributed by atoms with Gasteiger partial charge in [-0.3, -0.25) is 4.98 Å². The third-order valence-electron chi connectivity index (χ3n) is 3.50. The van der Waals surface area contributed by atoms with E-state index in [1.54, 1.807) is 12.4 Å². The Morgan fingerprint density at radius 3 is 2.80 bits per heavy atom. The van der Waals surface area contributed by atoms with Gasteiger partial charge in [0.15, 0.2) is 5.65 Å². The van der Waals surface area contributed by atoms with Crippen LogP contribution in [-0.4, -0.2) is 19.9 Å². The first-order valence-corrected chi connectivity index (χ1v) is 6.48. The topological polar surface area (TPSA) is 54.5 Å². The van der Waals surface area contributed by atoms with Gasteiger partial charge in [0, 0.05) is 23.3 Å². The largest absolute Gasteiger partial charge is 0.336 e. The highest BCUT2D eigenvalue weighted by atomic mass is 15.0. The van der Waals surface area contributed by atoms with Crippen LogP contribution in [0.5, 0.6) is 0 Å². The number of hydrogen-bond donors (Lipinski definition) is 1. The minimum atomic E-state index is 0.751. The normalized spacial score (nSPS) is 11.2. The lowest BCUT2D eigenvalue weighted by Crippen LogP contribution is -1.85. The van der Waals surface area contributed by atoms with Crippen molar-refractivity contribution in [1.29, 1.82) is 0 Å². The molecule has 96 valence electrons. The summed E-state index contributed by atoms with van der Waals surface area (Å²) in [4.78, 5) is 16.7. The van der Waals surface area contributed by atoms with E-state index in [0.29, 0.717) is 0 Å². The molecule has 4 aromatic rings. The van der Waals surface area contributed by atoms with Crippen molar-refractivity contribution < 1.29 is 0 Å². The number of fused-ring (bicyclic) bond motifs is 2. The van der Waals surface area contributed by atoms with Crippen molar-refractivity contribution in [3.8, 4) is 11.4 Å². The van der Waals surface area contributed by atoms with E-state index in [1.165, 1.54) is 0 Å². The molecule has 3 aromatic heterocycles. The number of benzene rings is 1. The first-order valence-electron chi connectivity index (χ1n) is 6.48. The molecule has 20 heavy (non-hydrogen) atoms. The average molecular weight is 260 g/mol. The highest BCUT2D eigenvalue weighted by Gasteiger charge is 2.10. The zero-order valence-electron chi connectivity index (χ0n) is 11.0. The molecule has 4 nitrogen and oxygen atoms in total. The Morgan fingerprint density at radius 2 is 1.90 bits per heavy atom. The summed E-state index contributed by atoms with van der Waals surface area (Å²) in [6, 6.07) is 12.0. The highest BCUT2D eigenvalue weighted by Crippen LogP contribution is 2.27. The first kappa shape index (κ1) is 11.1. The number of H-pyrrole nitrogens is 1. The fourth-order valence-electron chi connectivity index (χ4n) is 2.47. The predicted molar refractivity (Wildman–Crippen MR) is 79.4 cm³/mol. The summed E-state index contributed by atoms with van der Waals surface area (Å²) in [6.07, 6.45) is 3.59. The number of aryl methyl sites for hydroxylation is 1. The van der Waals surface area contributed by atoms with Crippen LogP contribution in [-0.2, 0) is 0 Å². The molecule has 0 bridgehead atoms. The van der Waals surface area contributed by atoms with Crippen molar-refractivity contribution in [3.05, 3.63) is 54.4 Å². The van der Waals surface area contributed by atoms with Gasteiger partial charge in [-0.15, -0.1) is 0 Å². The van der Waals surface area contributed by atoms with Gasteiger partial charge >= 0.3 is 0 Å². The van der Waals surface area contributed by atoms with E-state index >= 15 is 0 Å². The second kappa shape index (κ2) is 4.13. The number of imidazole rings is 1. The van der Waals surface area contributed by atoms with E-state index in [-0.39, 0.29) is 0 Å². The van der Waals surface area contributed by atoms with Crippen molar-refractivity contribution in [2.24, 2.45) is 0 Å². The van der Waals surface area contributed by atoms with E-state index in [4.69, 9.17) is 0 Å². The summed E-state index contributed by atoms with van der Waals surface area (Å²) in [7, 11) is 0. The highest BCUT2D eigenvalue weighted by molar-refractivity contribution is 5.94. The van der Waals surface area contributed by atoms with Crippen molar-refractivity contribution >= 4 is 22.1 Å². The van der Waals surface area contributed by atoms with Crippen LogP contribution in [0.15, 0.2) is 48.8 Å². The molecule has 4 heteroatoms. The van der Waals surface area contributed by atoms with Gasteiger partial charge in [0.05, 0.1) is 11.0 Å². The summed E-state index contributed by atoms with van der Waals surface area (Å²) >= 11 is 0. The lowest BCUT2D eigenvalue weighted by atomic mass is 10.1. The number of hydrogen-bond acceptors (Lipinski definition) is 3. The van der Waals surface area contributed by atoms with Gasteiger partial charge < -0.3 is 4.98 Å². The van der Waals surface area contributed by atoms with Gasteiger partial charge in [0.1, 0.15) is 5.82 Å². The zero-order valence-corrected chi connectivity index (χ0v) is 11.0. The third-order valence-corrected chi connectivity index (χ3v) is 3.50. The van der Waals surface area contributed by atoms with Gasteiger partial charge in [0.25, 0.3) is 0 Å². The molecule has 0 spiro atoms. The molecule has 1 aromatic carbocycles. The summed E-state index contributed by atoms with van der Waals surface area (Å²) in [5.74, 6) is 0.834. The quantitative estimate of drug-likeness (QED) is 0.570. The molecule has 0 amide bonds. The maximum absolute atomic E-state index is 4.60. The van der Waals surface area contributed by atoms with E-state index in [1.807, 2.05) is 24.3 Å². The fraction of sp³-hybridized carbons (Fsp3) is 0.0625. The van der Waals surface area contributed by atoms with Crippen LogP contribution < -0.4 is 0 Å². The molecule has 1 N–H and O–H groups in total. The average Bonchev–Trinajstić information content (AvgIpc) is 2.92. The summed E-state index contributed by atoms with van der Waals surface area (Å²) in [6.45, 7) is 2.05. The number of pyridine rings is 2. The minimum absolute atomic E-state index is 0.751. The lowest BCUT2D eigenvalue weighted by molar-refractivity contribution is 1.30. The van der Waals surface area contributed by atoms with Crippen molar-refractivity contribution in [3.63, 3.8) is 0 Å². The number of aromatic nitrogens is 4. The molecule has 0 saturated heterocycles. The van der Waals surface area contributed by atoms with E-state index in [2.05, 4.69) is 39.0 Å². The van der Waals surface area contributed by atoms with Crippen LogP contribution in [0.1, 0.15) is 5.56 Å². The lowest BCUT2D eigenvalue weighted by Gasteiger charge is -2.02. The molecule has 0 atom stereocenters. The summed E-state index contributed by atoms with van der Waals surface area (Å²) in [5, 5.41) is 1.09. The monoisotopic (exact) mass is 260 g/mol. The molecule has 0 aliphatic carbocycles. The van der Waals surface area contributed by atoms with Crippen molar-refractivity contribution in [2.45, 2.75) is 6.92 Å². The van der Waals surface area contributed by atoms with Crippen molar-refractivity contribution in [1.82, 2.24) is 19.9 Å². The smallest absolute Gasteiger partial charge is 0.178 e. The van der Waals surface area contributed by atoms with Crippen LogP contribution >= 0.6 is 0 Å². The van der Waals surface area contributed by atoms with Gasteiger partial charge in [-0.1, -0.05) is 18.2 Å². The molecular weight excluding hydrogens is 248 g/mol. The number of aromatic amines is 1. The van der Waals surface area contributed by atoms with Gasteiger partial charge in [-0.05, 0) is 30.7 Å². The molecule has 4 rings (SSSR count).